The number of aromatic nitrogens is 1. The Morgan fingerprint density at radius 2 is 2.08 bits per heavy atom. The van der Waals surface area contributed by atoms with E-state index >= 15 is 0 Å². The number of amidine groups is 1. The van der Waals surface area contributed by atoms with Crippen LogP contribution >= 0.6 is 15.9 Å². The van der Waals surface area contributed by atoms with E-state index in [1.54, 1.807) is 0 Å². The molecule has 124 valence electrons. The van der Waals surface area contributed by atoms with E-state index in [2.05, 4.69) is 48.3 Å². The quantitative estimate of drug-likeness (QED) is 0.816. The van der Waals surface area contributed by atoms with Crippen molar-refractivity contribution in [3.63, 3.8) is 0 Å². The molecule has 0 saturated carbocycles. The maximum atomic E-state index is 6.31. The monoisotopic (exact) mass is 386 g/mol. The van der Waals surface area contributed by atoms with Crippen LogP contribution in [0.5, 0.6) is 0 Å². The summed E-state index contributed by atoms with van der Waals surface area (Å²) in [6, 6.07) is 8.84. The third kappa shape index (κ3) is 2.40. The number of piperidine rings is 3. The van der Waals surface area contributed by atoms with Crippen LogP contribution in [0.25, 0.3) is 10.8 Å². The highest BCUT2D eigenvalue weighted by Crippen LogP contribution is 2.40. The summed E-state index contributed by atoms with van der Waals surface area (Å²) in [6.45, 7) is 4.18. The Kier molecular flexibility index (Phi) is 3.31. The Labute approximate surface area is 149 Å². The van der Waals surface area contributed by atoms with Gasteiger partial charge in [0.2, 0.25) is 0 Å². The largest absolute Gasteiger partial charge is 0.455 e. The molecule has 2 bridgehead atoms. The Balaban J connectivity index is 1.35. The minimum Gasteiger partial charge on any atom is -0.455 e. The molecule has 6 rings (SSSR count). The van der Waals surface area contributed by atoms with E-state index in [0.29, 0.717) is 11.9 Å². The highest BCUT2D eigenvalue weighted by atomic mass is 79.9. The van der Waals surface area contributed by atoms with Crippen LogP contribution in [0, 0.1) is 5.92 Å². The van der Waals surface area contributed by atoms with Gasteiger partial charge in [-0.25, -0.2) is 9.98 Å². The number of anilines is 1. The topological polar surface area (TPSA) is 49.8 Å². The summed E-state index contributed by atoms with van der Waals surface area (Å²) in [5, 5.41) is 5.52. The maximum absolute atomic E-state index is 6.31. The van der Waals surface area contributed by atoms with Gasteiger partial charge in [-0.1, -0.05) is 22.0 Å². The Hall–Kier alpha value is -1.66. The predicted molar refractivity (Wildman–Crippen MR) is 98.3 cm³/mol. The van der Waals surface area contributed by atoms with Crippen molar-refractivity contribution >= 4 is 38.5 Å². The number of rotatable bonds is 1. The molecule has 1 aromatic heterocycles. The second-order valence-corrected chi connectivity index (χ2v) is 7.94. The predicted octanol–water partition coefficient (Wildman–Crippen LogP) is 3.26. The van der Waals surface area contributed by atoms with Crippen molar-refractivity contribution in [1.29, 1.82) is 0 Å². The Morgan fingerprint density at radius 1 is 1.21 bits per heavy atom. The minimum absolute atomic E-state index is 0.111. The summed E-state index contributed by atoms with van der Waals surface area (Å²) in [5.41, 5.74) is -0.111. The molecule has 1 N–H and O–H groups in total. The molecular weight excluding hydrogens is 368 g/mol. The average Bonchev–Trinajstić information content (AvgIpc) is 2.98. The number of aliphatic imine (C=N–C) groups is 1. The zero-order valence-corrected chi connectivity index (χ0v) is 14.9. The number of fused-ring (bicyclic) bond motifs is 3. The van der Waals surface area contributed by atoms with Crippen molar-refractivity contribution in [2.24, 2.45) is 10.9 Å². The molecule has 3 fully saturated rings. The van der Waals surface area contributed by atoms with E-state index in [4.69, 9.17) is 4.74 Å². The molecule has 5 nitrogen and oxygen atoms in total. The number of benzene rings is 1. The van der Waals surface area contributed by atoms with Gasteiger partial charge in [-0.05, 0) is 49.5 Å². The third-order valence-corrected chi connectivity index (χ3v) is 6.03. The number of hydrogen-bond donors (Lipinski definition) is 1. The summed E-state index contributed by atoms with van der Waals surface area (Å²) < 4.78 is 7.37. The van der Waals surface area contributed by atoms with Crippen LogP contribution in [0.1, 0.15) is 12.8 Å². The van der Waals surface area contributed by atoms with Gasteiger partial charge in [-0.2, -0.15) is 0 Å². The van der Waals surface area contributed by atoms with Crippen LogP contribution in [0.15, 0.2) is 39.9 Å². The summed E-state index contributed by atoms with van der Waals surface area (Å²) in [5.74, 6) is 1.41. The lowest BCUT2D eigenvalue weighted by molar-refractivity contribution is -0.0829. The van der Waals surface area contributed by atoms with E-state index in [-0.39, 0.29) is 5.60 Å². The lowest BCUT2D eigenvalue weighted by Crippen LogP contribution is -2.61. The molecule has 0 aliphatic carbocycles. The number of hydrogen-bond acceptors (Lipinski definition) is 5. The van der Waals surface area contributed by atoms with Gasteiger partial charge in [0.25, 0.3) is 6.02 Å². The SMILES string of the molecule is Brc1ccc2cc(NC3=NCC4(CN5CCC4CC5)O3)ncc2c1. The van der Waals surface area contributed by atoms with Crippen molar-refractivity contribution < 1.29 is 4.74 Å². The van der Waals surface area contributed by atoms with Crippen LogP contribution in [-0.2, 0) is 4.74 Å². The first-order valence-corrected chi connectivity index (χ1v) is 9.28. The molecule has 1 atom stereocenters. The fraction of sp³-hybridized carbons (Fsp3) is 0.444. The van der Waals surface area contributed by atoms with E-state index in [1.165, 1.54) is 25.9 Å². The van der Waals surface area contributed by atoms with Gasteiger partial charge in [0, 0.05) is 28.5 Å². The number of pyridine rings is 1. The maximum Gasteiger partial charge on any atom is 0.291 e. The molecule has 24 heavy (non-hydrogen) atoms. The molecular formula is C18H19BrN4O. The van der Waals surface area contributed by atoms with Gasteiger partial charge in [-0.15, -0.1) is 0 Å². The van der Waals surface area contributed by atoms with Gasteiger partial charge in [-0.3, -0.25) is 10.2 Å². The van der Waals surface area contributed by atoms with Gasteiger partial charge in [0.05, 0.1) is 6.54 Å². The number of nitrogens with zero attached hydrogens (tertiary/aromatic N) is 3. The van der Waals surface area contributed by atoms with Gasteiger partial charge >= 0.3 is 0 Å². The second-order valence-electron chi connectivity index (χ2n) is 7.02. The van der Waals surface area contributed by atoms with Crippen LogP contribution < -0.4 is 5.32 Å². The van der Waals surface area contributed by atoms with Crippen LogP contribution in [0.4, 0.5) is 5.82 Å². The fourth-order valence-corrected chi connectivity index (χ4v) is 4.62. The van der Waals surface area contributed by atoms with Crippen molar-refractivity contribution in [1.82, 2.24) is 9.88 Å². The first kappa shape index (κ1) is 14.7. The van der Waals surface area contributed by atoms with Crippen LogP contribution in [-0.4, -0.2) is 47.7 Å². The first-order valence-electron chi connectivity index (χ1n) is 8.48. The number of ether oxygens (including phenoxy) is 1. The van der Waals surface area contributed by atoms with E-state index in [9.17, 15) is 0 Å². The van der Waals surface area contributed by atoms with Gasteiger partial charge in [0.1, 0.15) is 11.4 Å². The molecule has 0 radical (unpaired) electrons. The second kappa shape index (κ2) is 5.43. The highest BCUT2D eigenvalue weighted by molar-refractivity contribution is 9.10. The zero-order chi connectivity index (χ0) is 16.1. The molecule has 4 aliphatic heterocycles. The Morgan fingerprint density at radius 3 is 2.88 bits per heavy atom. The van der Waals surface area contributed by atoms with E-state index in [0.717, 1.165) is 34.2 Å². The lowest BCUT2D eigenvalue weighted by atomic mass is 9.75. The average molecular weight is 387 g/mol. The molecule has 1 spiro atoms. The van der Waals surface area contributed by atoms with Gasteiger partial charge in [0.15, 0.2) is 0 Å². The Bertz CT molecular complexity index is 831. The van der Waals surface area contributed by atoms with Crippen molar-refractivity contribution in [2.75, 3.05) is 31.5 Å². The lowest BCUT2D eigenvalue weighted by Gasteiger charge is -2.50. The van der Waals surface area contributed by atoms with Crippen molar-refractivity contribution in [3.8, 4) is 0 Å². The summed E-state index contributed by atoms with van der Waals surface area (Å²) in [7, 11) is 0. The molecule has 0 amide bonds. The molecule has 2 aromatic rings. The molecule has 4 aliphatic rings. The van der Waals surface area contributed by atoms with Crippen LogP contribution in [0.3, 0.4) is 0 Å². The molecule has 5 heterocycles. The summed E-state index contributed by atoms with van der Waals surface area (Å²) in [6.07, 6.45) is 4.33. The minimum atomic E-state index is -0.111. The van der Waals surface area contributed by atoms with Crippen molar-refractivity contribution in [3.05, 3.63) is 34.9 Å². The normalized spacial score (nSPS) is 31.3. The standard InChI is InChI=1S/C18H19BrN4O/c19-15-2-1-12-8-16(20-9-13(12)7-15)22-17-21-10-18(24-17)11-23-5-3-14(18)4-6-23/h1-2,7-9,14H,3-6,10-11H2,(H,20,21,22). The smallest absolute Gasteiger partial charge is 0.291 e. The number of nitrogens with one attached hydrogen (secondary N) is 1. The molecule has 6 heteroatoms. The fourth-order valence-electron chi connectivity index (χ4n) is 4.24. The first-order chi connectivity index (χ1) is 11.7. The van der Waals surface area contributed by atoms with Gasteiger partial charge < -0.3 is 4.74 Å². The van der Waals surface area contributed by atoms with Crippen LogP contribution in [0.2, 0.25) is 0 Å². The van der Waals surface area contributed by atoms with E-state index < -0.39 is 0 Å². The third-order valence-electron chi connectivity index (χ3n) is 5.53. The summed E-state index contributed by atoms with van der Waals surface area (Å²) in [4.78, 5) is 11.6. The summed E-state index contributed by atoms with van der Waals surface area (Å²) >= 11 is 3.49. The van der Waals surface area contributed by atoms with E-state index in [1.807, 2.05) is 18.3 Å². The molecule has 1 unspecified atom stereocenters. The highest BCUT2D eigenvalue weighted by Gasteiger charge is 2.51. The number of halogens is 1. The van der Waals surface area contributed by atoms with Crippen molar-refractivity contribution in [2.45, 2.75) is 18.4 Å². The molecule has 1 aromatic carbocycles. The molecule has 3 saturated heterocycles. The zero-order valence-electron chi connectivity index (χ0n) is 13.3.